The van der Waals surface area contributed by atoms with E-state index >= 15 is 0 Å². The first-order chi connectivity index (χ1) is 9.58. The van der Waals surface area contributed by atoms with E-state index in [9.17, 15) is 5.11 Å². The lowest BCUT2D eigenvalue weighted by atomic mass is 9.82. The summed E-state index contributed by atoms with van der Waals surface area (Å²) in [6.45, 7) is 1.95. The maximum atomic E-state index is 10.7. The van der Waals surface area contributed by atoms with Gasteiger partial charge in [0.1, 0.15) is 5.15 Å². The second-order valence-corrected chi connectivity index (χ2v) is 6.91. The third-order valence-corrected chi connectivity index (χ3v) is 5.72. The molecule has 2 heterocycles. The summed E-state index contributed by atoms with van der Waals surface area (Å²) in [5.41, 5.74) is 3.23. The number of nitrogens with zero attached hydrogens (tertiary/aromatic N) is 2. The van der Waals surface area contributed by atoms with Crippen LogP contribution in [0.2, 0.25) is 5.15 Å². The van der Waals surface area contributed by atoms with Crippen molar-refractivity contribution in [2.75, 3.05) is 0 Å². The van der Waals surface area contributed by atoms with Crippen molar-refractivity contribution < 1.29 is 5.11 Å². The second-order valence-electron chi connectivity index (χ2n) is 5.55. The molecule has 0 radical (unpaired) electrons. The Labute approximate surface area is 128 Å². The fraction of sp³-hybridized carbons (Fsp3) is 0.533. The Hall–Kier alpha value is -0.840. The van der Waals surface area contributed by atoms with Gasteiger partial charge in [-0.3, -0.25) is 4.68 Å². The summed E-state index contributed by atoms with van der Waals surface area (Å²) in [5, 5.41) is 17.8. The average Bonchev–Trinajstić information content (AvgIpc) is 2.99. The zero-order chi connectivity index (χ0) is 14.3. The molecule has 2 aromatic heterocycles. The third kappa shape index (κ3) is 2.41. The Bertz CT molecular complexity index is 619. The van der Waals surface area contributed by atoms with Crippen molar-refractivity contribution >= 4 is 22.9 Å². The molecule has 1 N–H and O–H groups in total. The molecule has 2 unspecified atom stereocenters. The molecule has 0 amide bonds. The van der Waals surface area contributed by atoms with E-state index in [1.165, 1.54) is 10.4 Å². The number of aromatic nitrogens is 2. The number of rotatable bonds is 3. The Morgan fingerprint density at radius 2 is 2.40 bits per heavy atom. The van der Waals surface area contributed by atoms with Crippen molar-refractivity contribution in [3.63, 3.8) is 0 Å². The van der Waals surface area contributed by atoms with Crippen LogP contribution in [0.15, 0.2) is 11.4 Å². The minimum Gasteiger partial charge on any atom is -0.392 e. The van der Waals surface area contributed by atoms with Crippen LogP contribution in [0, 0.1) is 6.92 Å². The van der Waals surface area contributed by atoms with Crippen LogP contribution in [0.25, 0.3) is 0 Å². The van der Waals surface area contributed by atoms with Crippen LogP contribution in [0.1, 0.15) is 40.5 Å². The maximum Gasteiger partial charge on any atom is 0.130 e. The first kappa shape index (κ1) is 14.1. The van der Waals surface area contributed by atoms with Gasteiger partial charge in [-0.2, -0.15) is 5.10 Å². The molecular formula is C15H19ClN2OS. The third-order valence-electron chi connectivity index (χ3n) is 4.25. The molecule has 2 aromatic rings. The lowest BCUT2D eigenvalue weighted by molar-refractivity contribution is 0.135. The van der Waals surface area contributed by atoms with E-state index in [0.717, 1.165) is 30.5 Å². The Morgan fingerprint density at radius 3 is 3.10 bits per heavy atom. The molecule has 0 aromatic carbocycles. The molecule has 2 atom stereocenters. The quantitative estimate of drug-likeness (QED) is 0.942. The summed E-state index contributed by atoms with van der Waals surface area (Å²) >= 11 is 8.08. The maximum absolute atomic E-state index is 10.7. The van der Waals surface area contributed by atoms with Gasteiger partial charge in [-0.1, -0.05) is 11.6 Å². The number of aryl methyl sites for hydroxylation is 3. The molecule has 3 rings (SSSR count). The van der Waals surface area contributed by atoms with E-state index in [-0.39, 0.29) is 12.0 Å². The zero-order valence-corrected chi connectivity index (χ0v) is 13.3. The molecule has 1 aliphatic rings. The van der Waals surface area contributed by atoms with Crippen LogP contribution in [0.5, 0.6) is 0 Å². The molecule has 0 saturated carbocycles. The highest BCUT2D eigenvalue weighted by atomic mass is 35.5. The molecule has 3 nitrogen and oxygen atoms in total. The number of thiophene rings is 1. The molecule has 108 valence electrons. The number of fused-ring (bicyclic) bond motifs is 1. The van der Waals surface area contributed by atoms with Crippen LogP contribution >= 0.6 is 22.9 Å². The molecule has 0 fully saturated rings. The highest BCUT2D eigenvalue weighted by Crippen LogP contribution is 2.38. The summed E-state index contributed by atoms with van der Waals surface area (Å²) in [6, 6.07) is 2.17. The Kier molecular flexibility index (Phi) is 3.89. The van der Waals surface area contributed by atoms with Gasteiger partial charge in [0, 0.05) is 29.8 Å². The van der Waals surface area contributed by atoms with E-state index in [1.54, 1.807) is 4.68 Å². The van der Waals surface area contributed by atoms with Crippen LogP contribution in [-0.2, 0) is 19.9 Å². The number of hydrogen-bond donors (Lipinski definition) is 1. The lowest BCUT2D eigenvalue weighted by Gasteiger charge is -2.27. The molecule has 0 spiro atoms. The number of aliphatic hydroxyl groups is 1. The van der Waals surface area contributed by atoms with Gasteiger partial charge < -0.3 is 5.11 Å². The minimum atomic E-state index is -0.385. The van der Waals surface area contributed by atoms with Gasteiger partial charge in [-0.15, -0.1) is 11.3 Å². The predicted molar refractivity (Wildman–Crippen MR) is 82.7 cm³/mol. The average molecular weight is 311 g/mol. The fourth-order valence-corrected chi connectivity index (χ4v) is 4.43. The van der Waals surface area contributed by atoms with Gasteiger partial charge in [0.25, 0.3) is 0 Å². The van der Waals surface area contributed by atoms with E-state index in [4.69, 9.17) is 11.6 Å². The first-order valence-electron chi connectivity index (χ1n) is 7.00. The normalized spacial score (nSPS) is 19.9. The van der Waals surface area contributed by atoms with Crippen LogP contribution in [-0.4, -0.2) is 21.0 Å². The summed E-state index contributed by atoms with van der Waals surface area (Å²) in [6.07, 6.45) is 3.57. The van der Waals surface area contributed by atoms with Crippen LogP contribution in [0.3, 0.4) is 0 Å². The van der Waals surface area contributed by atoms with Gasteiger partial charge in [0.2, 0.25) is 0 Å². The van der Waals surface area contributed by atoms with E-state index in [2.05, 4.69) is 16.5 Å². The molecular weight excluding hydrogens is 292 g/mol. The largest absolute Gasteiger partial charge is 0.392 e. The number of aliphatic hydroxyl groups excluding tert-OH is 1. The second kappa shape index (κ2) is 5.51. The van der Waals surface area contributed by atoms with Crippen LogP contribution < -0.4 is 0 Å². The van der Waals surface area contributed by atoms with Gasteiger partial charge >= 0.3 is 0 Å². The van der Waals surface area contributed by atoms with Gasteiger partial charge in [0.05, 0.1) is 11.8 Å². The monoisotopic (exact) mass is 310 g/mol. The van der Waals surface area contributed by atoms with E-state index in [0.29, 0.717) is 11.6 Å². The fourth-order valence-electron chi connectivity index (χ4n) is 3.18. The SMILES string of the molecule is Cc1nn(C)c(Cl)c1CC(O)C1CCCc2sccc21. The lowest BCUT2D eigenvalue weighted by Crippen LogP contribution is -2.24. The Morgan fingerprint density at radius 1 is 1.60 bits per heavy atom. The van der Waals surface area contributed by atoms with Crippen molar-refractivity contribution in [2.45, 2.75) is 44.6 Å². The highest BCUT2D eigenvalue weighted by molar-refractivity contribution is 7.10. The number of hydrogen-bond acceptors (Lipinski definition) is 3. The topological polar surface area (TPSA) is 38.0 Å². The molecule has 1 aliphatic carbocycles. The van der Waals surface area contributed by atoms with Gasteiger partial charge in [-0.05, 0) is 43.2 Å². The smallest absolute Gasteiger partial charge is 0.130 e. The standard InChI is InChI=1S/C15H19ClN2OS/c1-9-12(15(16)18(2)17-9)8-13(19)10-4-3-5-14-11(10)6-7-20-14/h6-7,10,13,19H,3-5,8H2,1-2H3. The summed E-state index contributed by atoms with van der Waals surface area (Å²) in [4.78, 5) is 1.44. The van der Waals surface area contributed by atoms with Crippen molar-refractivity contribution in [1.29, 1.82) is 0 Å². The van der Waals surface area contributed by atoms with Crippen molar-refractivity contribution in [3.8, 4) is 0 Å². The molecule has 0 saturated heterocycles. The Balaban J connectivity index is 1.83. The summed E-state index contributed by atoms with van der Waals surface area (Å²) < 4.78 is 1.68. The van der Waals surface area contributed by atoms with Gasteiger partial charge in [-0.25, -0.2) is 0 Å². The van der Waals surface area contributed by atoms with Crippen molar-refractivity contribution in [1.82, 2.24) is 9.78 Å². The molecule has 5 heteroatoms. The summed E-state index contributed by atoms with van der Waals surface area (Å²) in [7, 11) is 1.84. The van der Waals surface area contributed by atoms with Crippen LogP contribution in [0.4, 0.5) is 0 Å². The first-order valence-corrected chi connectivity index (χ1v) is 8.26. The molecule has 0 aliphatic heterocycles. The summed E-state index contributed by atoms with van der Waals surface area (Å²) in [5.74, 6) is 0.237. The zero-order valence-electron chi connectivity index (χ0n) is 11.8. The van der Waals surface area contributed by atoms with E-state index < -0.39 is 0 Å². The van der Waals surface area contributed by atoms with Gasteiger partial charge in [0.15, 0.2) is 0 Å². The molecule has 20 heavy (non-hydrogen) atoms. The number of halogens is 1. The van der Waals surface area contributed by atoms with E-state index in [1.807, 2.05) is 25.3 Å². The van der Waals surface area contributed by atoms with Crippen molar-refractivity contribution in [3.05, 3.63) is 38.3 Å². The highest BCUT2D eigenvalue weighted by Gasteiger charge is 2.29. The molecule has 0 bridgehead atoms. The predicted octanol–water partition coefficient (Wildman–Crippen LogP) is 3.47. The minimum absolute atomic E-state index is 0.237. The van der Waals surface area contributed by atoms with Crippen molar-refractivity contribution in [2.24, 2.45) is 7.05 Å².